The highest BCUT2D eigenvalue weighted by molar-refractivity contribution is 5.76. The van der Waals surface area contributed by atoms with Gasteiger partial charge in [0.05, 0.1) is 7.11 Å². The quantitative estimate of drug-likeness (QED) is 0.787. The lowest BCUT2D eigenvalue weighted by molar-refractivity contribution is -0.121. The van der Waals surface area contributed by atoms with Crippen molar-refractivity contribution in [3.05, 3.63) is 59.4 Å². The van der Waals surface area contributed by atoms with Gasteiger partial charge < -0.3 is 14.8 Å². The molecule has 0 unspecified atom stereocenters. The monoisotopic (exact) mass is 353 g/mol. The van der Waals surface area contributed by atoms with E-state index in [2.05, 4.69) is 10.1 Å². The Morgan fingerprint density at radius 1 is 1.16 bits per heavy atom. The minimum Gasteiger partial charge on any atom is -0.493 e. The molecular weight excluding hydrogens is 335 g/mol. The van der Waals surface area contributed by atoms with E-state index in [-0.39, 0.29) is 42.6 Å². The van der Waals surface area contributed by atoms with Crippen molar-refractivity contribution in [2.75, 3.05) is 7.11 Å². The van der Waals surface area contributed by atoms with Gasteiger partial charge in [0.1, 0.15) is 5.82 Å². The van der Waals surface area contributed by atoms with Crippen molar-refractivity contribution in [2.45, 2.75) is 26.0 Å². The number of ether oxygens (including phenoxy) is 2. The lowest BCUT2D eigenvalue weighted by Crippen LogP contribution is -2.23. The van der Waals surface area contributed by atoms with Crippen molar-refractivity contribution in [2.24, 2.45) is 0 Å². The van der Waals surface area contributed by atoms with Crippen LogP contribution in [-0.2, 0) is 17.8 Å². The number of alkyl halides is 2. The molecule has 1 N–H and O–H groups in total. The van der Waals surface area contributed by atoms with Gasteiger partial charge in [-0.1, -0.05) is 24.3 Å². The Balaban J connectivity index is 1.89. The van der Waals surface area contributed by atoms with Gasteiger partial charge in [0.15, 0.2) is 11.5 Å². The summed E-state index contributed by atoms with van der Waals surface area (Å²) in [5.41, 5.74) is 1.05. The number of rotatable bonds is 8. The third-order valence-electron chi connectivity index (χ3n) is 3.51. The van der Waals surface area contributed by atoms with Crippen LogP contribution < -0.4 is 14.8 Å². The van der Waals surface area contributed by atoms with E-state index in [1.807, 2.05) is 0 Å². The van der Waals surface area contributed by atoms with Crippen molar-refractivity contribution in [1.82, 2.24) is 5.32 Å². The predicted molar refractivity (Wildman–Crippen MR) is 86.2 cm³/mol. The first kappa shape index (κ1) is 18.6. The molecule has 0 saturated heterocycles. The molecule has 2 aromatic rings. The topological polar surface area (TPSA) is 47.6 Å². The second-order valence-electron chi connectivity index (χ2n) is 5.23. The molecule has 25 heavy (non-hydrogen) atoms. The van der Waals surface area contributed by atoms with Crippen LogP contribution in [0.2, 0.25) is 0 Å². The Labute approximate surface area is 143 Å². The zero-order valence-electron chi connectivity index (χ0n) is 13.6. The molecule has 0 aromatic heterocycles. The van der Waals surface area contributed by atoms with Gasteiger partial charge in [-0.25, -0.2) is 4.39 Å². The summed E-state index contributed by atoms with van der Waals surface area (Å²) < 4.78 is 47.6. The maximum absolute atomic E-state index is 13.5. The van der Waals surface area contributed by atoms with Crippen molar-refractivity contribution in [3.63, 3.8) is 0 Å². The Hall–Kier alpha value is -2.70. The molecule has 2 rings (SSSR count). The van der Waals surface area contributed by atoms with Crippen LogP contribution >= 0.6 is 0 Å². The van der Waals surface area contributed by atoms with Crippen LogP contribution in [0.4, 0.5) is 13.2 Å². The summed E-state index contributed by atoms with van der Waals surface area (Å²) in [7, 11) is 1.35. The lowest BCUT2D eigenvalue weighted by Gasteiger charge is -2.12. The average Bonchev–Trinajstić information content (AvgIpc) is 2.59. The largest absolute Gasteiger partial charge is 0.493 e. The Kier molecular flexibility index (Phi) is 6.68. The second-order valence-corrected chi connectivity index (χ2v) is 5.23. The number of hydrogen-bond acceptors (Lipinski definition) is 3. The summed E-state index contributed by atoms with van der Waals surface area (Å²) in [6.07, 6.45) is 0.401. The number of aryl methyl sites for hydroxylation is 1. The molecule has 0 radical (unpaired) electrons. The molecule has 0 heterocycles. The number of carbonyl (C=O) groups excluding carboxylic acids is 1. The number of nitrogens with one attached hydrogen (secondary N) is 1. The van der Waals surface area contributed by atoms with Crippen LogP contribution in [0.25, 0.3) is 0 Å². The maximum atomic E-state index is 13.5. The number of carbonyl (C=O) groups is 1. The van der Waals surface area contributed by atoms with Crippen molar-refractivity contribution < 1.29 is 27.4 Å². The first-order valence-corrected chi connectivity index (χ1v) is 7.61. The van der Waals surface area contributed by atoms with Crippen LogP contribution in [0.15, 0.2) is 42.5 Å². The predicted octanol–water partition coefficient (Wildman–Crippen LogP) is 3.68. The van der Waals surface area contributed by atoms with E-state index in [0.29, 0.717) is 11.1 Å². The van der Waals surface area contributed by atoms with Crippen LogP contribution in [0.1, 0.15) is 17.5 Å². The third-order valence-corrected chi connectivity index (χ3v) is 3.51. The molecular formula is C18H18F3NO3. The van der Waals surface area contributed by atoms with Gasteiger partial charge in [-0.05, 0) is 35.7 Å². The van der Waals surface area contributed by atoms with E-state index < -0.39 is 6.61 Å². The molecule has 134 valence electrons. The highest BCUT2D eigenvalue weighted by Crippen LogP contribution is 2.29. The van der Waals surface area contributed by atoms with Gasteiger partial charge in [0.2, 0.25) is 5.91 Å². The molecule has 0 fully saturated rings. The molecule has 2 aromatic carbocycles. The van der Waals surface area contributed by atoms with Crippen molar-refractivity contribution in [3.8, 4) is 11.5 Å². The van der Waals surface area contributed by atoms with Crippen LogP contribution in [0.3, 0.4) is 0 Å². The summed E-state index contributed by atoms with van der Waals surface area (Å²) in [4.78, 5) is 11.9. The molecule has 7 heteroatoms. The zero-order chi connectivity index (χ0) is 18.2. The smallest absolute Gasteiger partial charge is 0.387 e. The second kappa shape index (κ2) is 8.96. The molecule has 0 atom stereocenters. The fraction of sp³-hybridized carbons (Fsp3) is 0.278. The summed E-state index contributed by atoms with van der Waals surface area (Å²) in [6.45, 7) is -2.83. The minimum absolute atomic E-state index is 0.101. The van der Waals surface area contributed by atoms with E-state index in [1.54, 1.807) is 24.3 Å². The van der Waals surface area contributed by atoms with E-state index in [0.717, 1.165) is 0 Å². The summed E-state index contributed by atoms with van der Waals surface area (Å²) in [6, 6.07) is 10.8. The molecule has 0 spiro atoms. The number of hydrogen-bond donors (Lipinski definition) is 1. The highest BCUT2D eigenvalue weighted by Gasteiger charge is 2.12. The minimum atomic E-state index is -2.97. The first-order valence-electron chi connectivity index (χ1n) is 7.61. The van der Waals surface area contributed by atoms with Crippen LogP contribution in [0, 0.1) is 5.82 Å². The molecule has 4 nitrogen and oxygen atoms in total. The summed E-state index contributed by atoms with van der Waals surface area (Å²) in [5.74, 6) is -0.542. The molecule has 0 saturated carbocycles. The molecule has 0 bridgehead atoms. The number of benzene rings is 2. The van der Waals surface area contributed by atoms with Crippen LogP contribution in [-0.4, -0.2) is 19.6 Å². The van der Waals surface area contributed by atoms with Gasteiger partial charge in [0, 0.05) is 13.0 Å². The summed E-state index contributed by atoms with van der Waals surface area (Å²) >= 11 is 0. The van der Waals surface area contributed by atoms with Crippen molar-refractivity contribution >= 4 is 5.91 Å². The number of halogens is 3. The Morgan fingerprint density at radius 3 is 2.60 bits per heavy atom. The zero-order valence-corrected chi connectivity index (χ0v) is 13.6. The van der Waals surface area contributed by atoms with Gasteiger partial charge in [-0.2, -0.15) is 8.78 Å². The standard InChI is InChI=1S/C18H18F3NO3/c1-24-15-8-6-12(10-16(15)25-18(20)21)11-22-17(23)9-7-13-4-2-3-5-14(13)19/h2-6,8,10,18H,7,9,11H2,1H3,(H,22,23). The fourth-order valence-corrected chi connectivity index (χ4v) is 2.26. The third kappa shape index (κ3) is 5.70. The van der Waals surface area contributed by atoms with Gasteiger partial charge in [-0.15, -0.1) is 0 Å². The molecule has 0 aliphatic carbocycles. The van der Waals surface area contributed by atoms with Gasteiger partial charge in [-0.3, -0.25) is 4.79 Å². The van der Waals surface area contributed by atoms with Gasteiger partial charge >= 0.3 is 6.61 Å². The Bertz CT molecular complexity index is 722. The molecule has 0 aliphatic rings. The Morgan fingerprint density at radius 2 is 1.92 bits per heavy atom. The lowest BCUT2D eigenvalue weighted by atomic mass is 10.1. The summed E-state index contributed by atoms with van der Waals surface area (Å²) in [5, 5.41) is 2.66. The average molecular weight is 353 g/mol. The fourth-order valence-electron chi connectivity index (χ4n) is 2.26. The van der Waals surface area contributed by atoms with E-state index >= 15 is 0 Å². The van der Waals surface area contributed by atoms with E-state index in [1.165, 1.54) is 25.3 Å². The van der Waals surface area contributed by atoms with Crippen LogP contribution in [0.5, 0.6) is 11.5 Å². The number of methoxy groups -OCH3 is 1. The highest BCUT2D eigenvalue weighted by atomic mass is 19.3. The van der Waals surface area contributed by atoms with Crippen molar-refractivity contribution in [1.29, 1.82) is 0 Å². The SMILES string of the molecule is COc1ccc(CNC(=O)CCc2ccccc2F)cc1OC(F)F. The molecule has 1 amide bonds. The van der Waals surface area contributed by atoms with E-state index in [9.17, 15) is 18.0 Å². The van der Waals surface area contributed by atoms with Gasteiger partial charge in [0.25, 0.3) is 0 Å². The molecule has 0 aliphatic heterocycles. The first-order chi connectivity index (χ1) is 12.0. The normalized spacial score (nSPS) is 10.6. The number of amides is 1. The van der Waals surface area contributed by atoms with E-state index in [4.69, 9.17) is 4.74 Å². The maximum Gasteiger partial charge on any atom is 0.387 e.